The average Bonchev–Trinajstić information content (AvgIpc) is 3.26. The fourth-order valence-electron chi connectivity index (χ4n) is 5.47. The van der Waals surface area contributed by atoms with E-state index in [9.17, 15) is 35.9 Å². The number of halogens is 11. The Bertz CT molecular complexity index is 3170. The second-order valence-corrected chi connectivity index (χ2v) is 15.0. The molecule has 0 saturated heterocycles. The average molecular weight is 1020 g/mol. The lowest BCUT2D eigenvalue weighted by atomic mass is 10.1. The van der Waals surface area contributed by atoms with Gasteiger partial charge >= 0.3 is 12.4 Å². The molecule has 0 saturated carbocycles. The Morgan fingerprint density at radius 2 is 1.00 bits per heavy atom. The van der Waals surface area contributed by atoms with Crippen LogP contribution >= 0.6 is 58.0 Å². The number of nitrogens with zero attached hydrogens (tertiary/aromatic N) is 8. The number of amides is 2. The van der Waals surface area contributed by atoms with Crippen molar-refractivity contribution in [2.45, 2.75) is 12.4 Å². The van der Waals surface area contributed by atoms with Crippen LogP contribution in [0.15, 0.2) is 97.6 Å². The van der Waals surface area contributed by atoms with Crippen LogP contribution in [0.2, 0.25) is 25.8 Å². The highest BCUT2D eigenvalue weighted by Gasteiger charge is 2.31. The number of nitrogen functional groups attached to an aromatic ring is 3. The third-order valence-electron chi connectivity index (χ3n) is 8.55. The normalized spacial score (nSPS) is 11.2. The van der Waals surface area contributed by atoms with Crippen molar-refractivity contribution in [3.63, 3.8) is 0 Å². The second kappa shape index (κ2) is 20.6. The summed E-state index contributed by atoms with van der Waals surface area (Å²) in [4.78, 5) is 55.8. The molecule has 67 heavy (non-hydrogen) atoms. The summed E-state index contributed by atoms with van der Waals surface area (Å²) in [5.74, 6) is -0.766. The monoisotopic (exact) mass is 1020 g/mol. The second-order valence-electron chi connectivity index (χ2n) is 13.2. The molecule has 344 valence electrons. The number of aromatic nitrogens is 8. The Balaban J connectivity index is 0.000000185. The molecule has 8 aromatic rings. The van der Waals surface area contributed by atoms with Crippen LogP contribution in [-0.2, 0) is 12.4 Å². The van der Waals surface area contributed by atoms with Crippen LogP contribution in [0.3, 0.4) is 0 Å². The van der Waals surface area contributed by atoms with E-state index in [1.165, 1.54) is 73.3 Å². The first-order chi connectivity index (χ1) is 31.6. The highest BCUT2D eigenvalue weighted by Crippen LogP contribution is 2.34. The summed E-state index contributed by atoms with van der Waals surface area (Å²) in [6.07, 6.45) is -6.48. The summed E-state index contributed by atoms with van der Waals surface area (Å²) in [5, 5.41) is 8.42. The van der Waals surface area contributed by atoms with E-state index in [4.69, 9.17) is 75.2 Å². The lowest BCUT2D eigenvalue weighted by Crippen LogP contribution is -2.13. The van der Waals surface area contributed by atoms with Gasteiger partial charge in [-0.05, 0) is 96.0 Å². The van der Waals surface area contributed by atoms with Crippen molar-refractivity contribution in [1.82, 2.24) is 39.9 Å². The van der Waals surface area contributed by atoms with E-state index in [-0.39, 0.29) is 83.1 Å². The van der Waals surface area contributed by atoms with Crippen molar-refractivity contribution in [2.75, 3.05) is 33.2 Å². The van der Waals surface area contributed by atoms with Crippen molar-refractivity contribution in [3.8, 4) is 0 Å². The molecular formula is C40H25Cl5F6N14O2. The third kappa shape index (κ3) is 12.6. The molecule has 8 rings (SSSR count). The molecule has 0 aliphatic heterocycles. The van der Waals surface area contributed by atoms with Crippen molar-refractivity contribution in [2.24, 2.45) is 0 Å². The maximum absolute atomic E-state index is 12.9. The summed E-state index contributed by atoms with van der Waals surface area (Å²) in [6.45, 7) is 0. The number of anilines is 7. The number of carbonyl (C=O) groups excluding carboxylic acids is 2. The highest BCUT2D eigenvalue weighted by atomic mass is 35.5. The van der Waals surface area contributed by atoms with Gasteiger partial charge in [-0.2, -0.15) is 36.3 Å². The number of nitrogens with one attached hydrogen (secondary N) is 3. The standard InChI is InChI=1S/C20H12Cl2F3N7O.C14H10ClF3N2O.C6H3Cl2N5/c21-12-5-4-9(18(33)29-11-3-1-2-10(7-11)20(23,24)25)6-13(12)30-17-15-14(27-8-28-17)16(26)32-19(22)31-15;15-11-5-4-8(6-12(11)19)13(21)20-10-3-1-2-9(7-10)14(16,17)18;7-4-2-3(10-1-11-4)5(9)13-6(8)12-2/h1-8H,(H,29,33)(H2,26,31,32)(H,27,28,30);1-7H,19H2,(H,20,21);1H,(H2,9,12,13). The molecule has 0 aliphatic rings. The van der Waals surface area contributed by atoms with Gasteiger partial charge in [-0.15, -0.1) is 0 Å². The van der Waals surface area contributed by atoms with Crippen molar-refractivity contribution >= 4 is 132 Å². The van der Waals surface area contributed by atoms with Gasteiger partial charge in [-0.25, -0.2) is 29.9 Å². The first-order valence-electron chi connectivity index (χ1n) is 18.2. The van der Waals surface area contributed by atoms with Crippen molar-refractivity contribution in [3.05, 3.63) is 146 Å². The van der Waals surface area contributed by atoms with Crippen LogP contribution in [0.4, 0.5) is 66.5 Å². The van der Waals surface area contributed by atoms with E-state index < -0.39 is 35.3 Å². The van der Waals surface area contributed by atoms with E-state index >= 15 is 0 Å². The summed E-state index contributed by atoms with van der Waals surface area (Å²) in [7, 11) is 0. The predicted octanol–water partition coefficient (Wildman–Crippen LogP) is 10.8. The fraction of sp³-hybridized carbons (Fsp3) is 0.0500. The first-order valence-corrected chi connectivity index (χ1v) is 20.1. The number of hydrogen-bond donors (Lipinski definition) is 6. The number of nitrogens with two attached hydrogens (primary N) is 3. The molecule has 0 unspecified atom stereocenters. The SMILES string of the molecule is Nc1cc(C(=O)Nc2cccc(C(F)(F)F)c2)ccc1Cl.Nc1nc(Cl)nc2c(Cl)ncnc12.Nc1nc(Cl)nc2c(Nc3cc(C(=O)Nc4cccc(C(F)(F)F)c4)ccc3Cl)ncnc12. The summed E-state index contributed by atoms with van der Waals surface area (Å²) < 4.78 is 76.5. The summed E-state index contributed by atoms with van der Waals surface area (Å²) in [5.41, 5.74) is 17.3. The smallest absolute Gasteiger partial charge is 0.398 e. The zero-order chi connectivity index (χ0) is 48.8. The Kier molecular flexibility index (Phi) is 15.2. The minimum Gasteiger partial charge on any atom is -0.398 e. The van der Waals surface area contributed by atoms with E-state index in [2.05, 4.69) is 55.8 Å². The molecule has 0 spiro atoms. The molecule has 9 N–H and O–H groups in total. The van der Waals surface area contributed by atoms with E-state index in [0.29, 0.717) is 16.1 Å². The van der Waals surface area contributed by atoms with Crippen LogP contribution in [-0.4, -0.2) is 51.7 Å². The van der Waals surface area contributed by atoms with Gasteiger partial charge in [-0.3, -0.25) is 9.59 Å². The number of hydrogen-bond acceptors (Lipinski definition) is 14. The molecule has 0 bridgehead atoms. The van der Waals surface area contributed by atoms with Gasteiger partial charge in [0, 0.05) is 22.5 Å². The Labute approximate surface area is 397 Å². The molecule has 16 nitrogen and oxygen atoms in total. The van der Waals surface area contributed by atoms with Crippen LogP contribution in [0.1, 0.15) is 31.8 Å². The first kappa shape index (κ1) is 49.3. The molecule has 0 aliphatic carbocycles. The van der Waals surface area contributed by atoms with Crippen LogP contribution in [0, 0.1) is 0 Å². The Morgan fingerprint density at radius 1 is 0.522 bits per heavy atom. The van der Waals surface area contributed by atoms with E-state index in [1.54, 1.807) is 0 Å². The number of carbonyl (C=O) groups is 2. The van der Waals surface area contributed by atoms with Gasteiger partial charge in [0.2, 0.25) is 10.6 Å². The molecule has 4 aromatic heterocycles. The maximum atomic E-state index is 12.9. The van der Waals surface area contributed by atoms with Crippen molar-refractivity contribution < 1.29 is 35.9 Å². The Morgan fingerprint density at radius 3 is 1.52 bits per heavy atom. The maximum Gasteiger partial charge on any atom is 0.416 e. The van der Waals surface area contributed by atoms with Gasteiger partial charge in [0.1, 0.15) is 34.7 Å². The van der Waals surface area contributed by atoms with Gasteiger partial charge < -0.3 is 33.2 Å². The van der Waals surface area contributed by atoms with Crippen LogP contribution < -0.4 is 33.2 Å². The molecular weight excluding hydrogens is 1000 g/mol. The summed E-state index contributed by atoms with van der Waals surface area (Å²) >= 11 is 29.2. The van der Waals surface area contributed by atoms with Gasteiger partial charge in [-0.1, -0.05) is 46.9 Å². The topological polar surface area (TPSA) is 251 Å². The highest BCUT2D eigenvalue weighted by molar-refractivity contribution is 6.35. The number of rotatable bonds is 6. The summed E-state index contributed by atoms with van der Waals surface area (Å²) in [6, 6.07) is 17.2. The third-order valence-corrected chi connectivity index (χ3v) is 9.84. The van der Waals surface area contributed by atoms with Gasteiger partial charge in [0.25, 0.3) is 11.8 Å². The number of alkyl halides is 6. The van der Waals surface area contributed by atoms with E-state index in [1.807, 2.05) is 0 Å². The van der Waals surface area contributed by atoms with E-state index in [0.717, 1.165) is 24.3 Å². The van der Waals surface area contributed by atoms with Crippen molar-refractivity contribution in [1.29, 1.82) is 0 Å². The molecule has 2 amide bonds. The lowest BCUT2D eigenvalue weighted by Gasteiger charge is -2.13. The number of fused-ring (bicyclic) bond motifs is 2. The minimum atomic E-state index is -4.53. The fourth-order valence-corrected chi connectivity index (χ4v) is 6.28. The molecule has 4 aromatic carbocycles. The zero-order valence-corrected chi connectivity index (χ0v) is 36.8. The van der Waals surface area contributed by atoms with Crippen LogP contribution in [0.25, 0.3) is 22.1 Å². The zero-order valence-electron chi connectivity index (χ0n) is 33.0. The molecule has 0 radical (unpaired) electrons. The largest absolute Gasteiger partial charge is 0.416 e. The molecule has 4 heterocycles. The van der Waals surface area contributed by atoms with Crippen LogP contribution in [0.5, 0.6) is 0 Å². The van der Waals surface area contributed by atoms with Gasteiger partial charge in [0.05, 0.1) is 32.5 Å². The Hall–Kier alpha value is -7.11. The predicted molar refractivity (Wildman–Crippen MR) is 244 cm³/mol. The van der Waals surface area contributed by atoms with Gasteiger partial charge in [0.15, 0.2) is 22.6 Å². The molecule has 0 atom stereocenters. The molecule has 27 heteroatoms. The quantitative estimate of drug-likeness (QED) is 0.0392. The molecule has 0 fully saturated rings. The number of benzene rings is 4. The lowest BCUT2D eigenvalue weighted by molar-refractivity contribution is -0.138. The minimum absolute atomic E-state index is 0.0112.